The van der Waals surface area contributed by atoms with E-state index in [9.17, 15) is 4.79 Å². The first-order chi connectivity index (χ1) is 10.5. The van der Waals surface area contributed by atoms with Gasteiger partial charge in [-0.05, 0) is 75.9 Å². The second-order valence-electron chi connectivity index (χ2n) is 6.53. The lowest BCUT2D eigenvalue weighted by Gasteiger charge is -2.28. The van der Waals surface area contributed by atoms with Crippen molar-refractivity contribution in [2.24, 2.45) is 11.8 Å². The van der Waals surface area contributed by atoms with Gasteiger partial charge in [-0.2, -0.15) is 0 Å². The number of nitrogens with one attached hydrogen (secondary N) is 2. The van der Waals surface area contributed by atoms with E-state index in [2.05, 4.69) is 17.6 Å². The number of halogens is 1. The molecule has 0 bridgehead atoms. The molecule has 1 heterocycles. The first-order valence-electron chi connectivity index (χ1n) is 8.32. The fourth-order valence-corrected chi connectivity index (χ4v) is 2.92. The van der Waals surface area contributed by atoms with Gasteiger partial charge in [0.1, 0.15) is 5.75 Å². The highest BCUT2D eigenvalue weighted by Gasteiger charge is 2.21. The Kier molecular flexibility index (Phi) is 8.42. The van der Waals surface area contributed by atoms with Gasteiger partial charge in [-0.1, -0.05) is 6.92 Å². The van der Waals surface area contributed by atoms with Gasteiger partial charge in [0.25, 0.3) is 0 Å². The van der Waals surface area contributed by atoms with Crippen molar-refractivity contribution in [2.75, 3.05) is 18.4 Å². The molecule has 1 aliphatic heterocycles. The SMILES string of the molecule is CC(C)Oc1ccc(NC(=O)CC(C)C2CCCNC2)cc1.Cl. The Labute approximate surface area is 145 Å². The Morgan fingerprint density at radius 3 is 2.57 bits per heavy atom. The minimum Gasteiger partial charge on any atom is -0.491 e. The maximum atomic E-state index is 12.2. The van der Waals surface area contributed by atoms with Gasteiger partial charge in [0.2, 0.25) is 5.91 Å². The van der Waals surface area contributed by atoms with Gasteiger partial charge in [-0.15, -0.1) is 12.4 Å². The molecule has 2 rings (SSSR count). The fraction of sp³-hybridized carbons (Fsp3) is 0.611. The topological polar surface area (TPSA) is 50.4 Å². The number of amides is 1. The maximum Gasteiger partial charge on any atom is 0.224 e. The van der Waals surface area contributed by atoms with E-state index in [1.54, 1.807) is 0 Å². The first kappa shape index (κ1) is 19.8. The largest absolute Gasteiger partial charge is 0.491 e. The van der Waals surface area contributed by atoms with E-state index in [4.69, 9.17) is 4.74 Å². The van der Waals surface area contributed by atoms with Crippen molar-refractivity contribution in [3.63, 3.8) is 0 Å². The third-order valence-electron chi connectivity index (χ3n) is 4.16. The zero-order chi connectivity index (χ0) is 15.9. The van der Waals surface area contributed by atoms with Gasteiger partial charge in [-0.3, -0.25) is 4.79 Å². The zero-order valence-electron chi connectivity index (χ0n) is 14.3. The predicted octanol–water partition coefficient (Wildman–Crippen LogP) is 3.86. The van der Waals surface area contributed by atoms with E-state index < -0.39 is 0 Å². The maximum absolute atomic E-state index is 12.2. The van der Waals surface area contributed by atoms with Crippen LogP contribution in [0.5, 0.6) is 5.75 Å². The zero-order valence-corrected chi connectivity index (χ0v) is 15.1. The van der Waals surface area contributed by atoms with Crippen LogP contribution in [0.1, 0.15) is 40.0 Å². The van der Waals surface area contributed by atoms with Crippen LogP contribution in [-0.4, -0.2) is 25.1 Å². The number of benzene rings is 1. The lowest BCUT2D eigenvalue weighted by atomic mass is 9.85. The molecular formula is C18H29ClN2O2. The van der Waals surface area contributed by atoms with E-state index >= 15 is 0 Å². The molecule has 0 aromatic heterocycles. The van der Waals surface area contributed by atoms with Gasteiger partial charge < -0.3 is 15.4 Å². The molecule has 130 valence electrons. The van der Waals surface area contributed by atoms with Crippen molar-refractivity contribution in [3.8, 4) is 5.75 Å². The average molecular weight is 341 g/mol. The van der Waals surface area contributed by atoms with Crippen LogP contribution in [0.15, 0.2) is 24.3 Å². The Morgan fingerprint density at radius 2 is 2.00 bits per heavy atom. The molecular weight excluding hydrogens is 312 g/mol. The van der Waals surface area contributed by atoms with Crippen LogP contribution >= 0.6 is 12.4 Å². The molecule has 1 aliphatic rings. The number of carbonyl (C=O) groups is 1. The molecule has 2 N–H and O–H groups in total. The molecule has 1 saturated heterocycles. The number of piperidine rings is 1. The third kappa shape index (κ3) is 6.80. The van der Waals surface area contributed by atoms with E-state index in [0.717, 1.165) is 24.5 Å². The van der Waals surface area contributed by atoms with Crippen LogP contribution in [0, 0.1) is 11.8 Å². The summed E-state index contributed by atoms with van der Waals surface area (Å²) < 4.78 is 5.60. The van der Waals surface area contributed by atoms with Crippen LogP contribution in [0.25, 0.3) is 0 Å². The predicted molar refractivity (Wildman–Crippen MR) is 97.5 cm³/mol. The molecule has 1 aromatic carbocycles. The number of carbonyl (C=O) groups excluding carboxylic acids is 1. The molecule has 1 aromatic rings. The van der Waals surface area contributed by atoms with Crippen molar-refractivity contribution in [1.82, 2.24) is 5.32 Å². The molecule has 0 spiro atoms. The molecule has 5 heteroatoms. The summed E-state index contributed by atoms with van der Waals surface area (Å²) in [5.74, 6) is 1.95. The molecule has 0 radical (unpaired) electrons. The molecule has 0 saturated carbocycles. The summed E-state index contributed by atoms with van der Waals surface area (Å²) in [5.41, 5.74) is 0.829. The monoisotopic (exact) mass is 340 g/mol. The van der Waals surface area contributed by atoms with Crippen molar-refractivity contribution in [1.29, 1.82) is 0 Å². The van der Waals surface area contributed by atoms with Crippen LogP contribution in [0.2, 0.25) is 0 Å². The molecule has 0 aliphatic carbocycles. The van der Waals surface area contributed by atoms with Gasteiger partial charge in [0, 0.05) is 12.1 Å². The average Bonchev–Trinajstić information content (AvgIpc) is 2.49. The second kappa shape index (κ2) is 9.78. The van der Waals surface area contributed by atoms with E-state index in [1.807, 2.05) is 38.1 Å². The van der Waals surface area contributed by atoms with Crippen LogP contribution in [0.4, 0.5) is 5.69 Å². The van der Waals surface area contributed by atoms with Crippen LogP contribution in [0.3, 0.4) is 0 Å². The molecule has 4 nitrogen and oxygen atoms in total. The summed E-state index contributed by atoms with van der Waals surface area (Å²) in [6, 6.07) is 7.57. The molecule has 1 fully saturated rings. The number of ether oxygens (including phenoxy) is 1. The minimum atomic E-state index is 0. The Balaban J connectivity index is 0.00000264. The second-order valence-corrected chi connectivity index (χ2v) is 6.53. The normalized spacial score (nSPS) is 18.9. The van der Waals surface area contributed by atoms with Crippen molar-refractivity contribution < 1.29 is 9.53 Å². The highest BCUT2D eigenvalue weighted by Crippen LogP contribution is 2.23. The highest BCUT2D eigenvalue weighted by atomic mass is 35.5. The third-order valence-corrected chi connectivity index (χ3v) is 4.16. The number of anilines is 1. The quantitative estimate of drug-likeness (QED) is 0.826. The van der Waals surface area contributed by atoms with Crippen LogP contribution < -0.4 is 15.4 Å². The minimum absolute atomic E-state index is 0. The summed E-state index contributed by atoms with van der Waals surface area (Å²) in [4.78, 5) is 12.2. The molecule has 2 atom stereocenters. The van der Waals surface area contributed by atoms with E-state index in [-0.39, 0.29) is 24.4 Å². The lowest BCUT2D eigenvalue weighted by Crippen LogP contribution is -2.34. The fourth-order valence-electron chi connectivity index (χ4n) is 2.92. The first-order valence-corrected chi connectivity index (χ1v) is 8.32. The molecule has 1 amide bonds. The summed E-state index contributed by atoms with van der Waals surface area (Å²) in [5, 5.41) is 6.39. The van der Waals surface area contributed by atoms with Gasteiger partial charge >= 0.3 is 0 Å². The van der Waals surface area contributed by atoms with Crippen LogP contribution in [-0.2, 0) is 4.79 Å². The standard InChI is InChI=1S/C18H28N2O2.ClH/c1-13(2)22-17-8-6-16(7-9-17)20-18(21)11-14(3)15-5-4-10-19-12-15;/h6-9,13-15,19H,4-5,10-12H2,1-3H3,(H,20,21);1H. The summed E-state index contributed by atoms with van der Waals surface area (Å²) >= 11 is 0. The lowest BCUT2D eigenvalue weighted by molar-refractivity contribution is -0.117. The summed E-state index contributed by atoms with van der Waals surface area (Å²) in [6.07, 6.45) is 3.18. The smallest absolute Gasteiger partial charge is 0.224 e. The van der Waals surface area contributed by atoms with Crippen molar-refractivity contribution in [3.05, 3.63) is 24.3 Å². The Bertz CT molecular complexity index is 470. The number of hydrogen-bond donors (Lipinski definition) is 2. The van der Waals surface area contributed by atoms with Gasteiger partial charge in [-0.25, -0.2) is 0 Å². The molecule has 23 heavy (non-hydrogen) atoms. The van der Waals surface area contributed by atoms with E-state index in [0.29, 0.717) is 18.3 Å². The number of hydrogen-bond acceptors (Lipinski definition) is 3. The number of rotatable bonds is 6. The summed E-state index contributed by atoms with van der Waals surface area (Å²) in [7, 11) is 0. The molecule has 2 unspecified atom stereocenters. The van der Waals surface area contributed by atoms with Crippen molar-refractivity contribution >= 4 is 24.0 Å². The summed E-state index contributed by atoms with van der Waals surface area (Å²) in [6.45, 7) is 8.32. The highest BCUT2D eigenvalue weighted by molar-refractivity contribution is 5.90. The Morgan fingerprint density at radius 1 is 1.30 bits per heavy atom. The van der Waals surface area contributed by atoms with Crippen molar-refractivity contribution in [2.45, 2.75) is 46.1 Å². The Hall–Kier alpha value is -1.26. The van der Waals surface area contributed by atoms with Gasteiger partial charge in [0.05, 0.1) is 6.10 Å². The van der Waals surface area contributed by atoms with E-state index in [1.165, 1.54) is 12.8 Å². The van der Waals surface area contributed by atoms with Gasteiger partial charge in [0.15, 0.2) is 0 Å².